The number of esters is 2. The molecule has 0 aromatic heterocycles. The molecule has 2 heterocycles. The fourth-order valence-corrected chi connectivity index (χ4v) is 7.94. The third-order valence-electron chi connectivity index (χ3n) is 10.7. The molecule has 14 nitrogen and oxygen atoms in total. The smallest absolute Gasteiger partial charge is 0.336 e. The van der Waals surface area contributed by atoms with Gasteiger partial charge in [0.2, 0.25) is 5.60 Å². The van der Waals surface area contributed by atoms with E-state index in [4.69, 9.17) is 14.2 Å². The highest BCUT2D eigenvalue weighted by molar-refractivity contribution is 5.89. The molecule has 2 fully saturated rings. The fourth-order valence-electron chi connectivity index (χ4n) is 7.94. The van der Waals surface area contributed by atoms with Crippen LogP contribution in [0.5, 0.6) is 23.0 Å². The van der Waals surface area contributed by atoms with Crippen LogP contribution in [0, 0.1) is 11.8 Å². The number of phenols is 4. The number of likely N-dealkylation sites (N-methyl/N-ethyl adjacent to an activating group) is 1. The molecule has 3 aromatic carbocycles. The van der Waals surface area contributed by atoms with Crippen LogP contribution in [-0.4, -0.2) is 95.9 Å². The van der Waals surface area contributed by atoms with Crippen molar-refractivity contribution in [1.29, 1.82) is 0 Å². The molecule has 4 aliphatic rings. The summed E-state index contributed by atoms with van der Waals surface area (Å²) in [6, 6.07) is 14.8. The largest absolute Gasteiger partial charge is 0.504 e. The summed E-state index contributed by atoms with van der Waals surface area (Å²) in [5.74, 6) is -8.07. The molecule has 284 valence electrons. The molecule has 0 unspecified atom stereocenters. The Morgan fingerprint density at radius 1 is 0.870 bits per heavy atom. The molecule has 0 radical (unpaired) electrons. The van der Waals surface area contributed by atoms with Gasteiger partial charge in [-0.15, -0.1) is 0 Å². The first-order valence-electron chi connectivity index (χ1n) is 17.2. The van der Waals surface area contributed by atoms with E-state index in [1.165, 1.54) is 61.7 Å². The van der Waals surface area contributed by atoms with Crippen molar-refractivity contribution >= 4 is 30.1 Å². The molecular formula is C40H41NO13. The molecule has 54 heavy (non-hydrogen) atoms. The summed E-state index contributed by atoms with van der Waals surface area (Å²) in [4.78, 5) is 41.1. The third kappa shape index (κ3) is 6.36. The van der Waals surface area contributed by atoms with E-state index in [-0.39, 0.29) is 29.9 Å². The number of carboxylic acids is 1. The van der Waals surface area contributed by atoms with Gasteiger partial charge in [0.1, 0.15) is 5.60 Å². The number of aromatic hydroxyl groups is 4. The number of aliphatic hydroxyl groups is 2. The van der Waals surface area contributed by atoms with Gasteiger partial charge >= 0.3 is 17.9 Å². The van der Waals surface area contributed by atoms with Gasteiger partial charge in [0.05, 0.1) is 6.61 Å². The van der Waals surface area contributed by atoms with E-state index in [1.54, 1.807) is 18.2 Å². The highest BCUT2D eigenvalue weighted by atomic mass is 16.6. The minimum Gasteiger partial charge on any atom is -0.504 e. The van der Waals surface area contributed by atoms with Gasteiger partial charge in [-0.25, -0.2) is 14.4 Å². The fraction of sp³-hybridized carbons (Fsp3) is 0.325. The second-order valence-electron chi connectivity index (χ2n) is 13.7. The summed E-state index contributed by atoms with van der Waals surface area (Å²) in [5.41, 5.74) is -7.52. The zero-order valence-corrected chi connectivity index (χ0v) is 29.4. The summed E-state index contributed by atoms with van der Waals surface area (Å²) in [7, 11) is 1.39. The number of hydrogen-bond donors (Lipinski definition) is 8. The molecule has 1 saturated heterocycles. The number of ether oxygens (including phenoxy) is 3. The number of carboxylic acid groups (broad SMARTS) is 1. The molecule has 3 aromatic rings. The Labute approximate surface area is 309 Å². The van der Waals surface area contributed by atoms with Crippen LogP contribution >= 0.6 is 0 Å². The number of carbonyl (C=O) groups excluding carboxylic acids is 2. The number of phenolic OH excluding ortho intramolecular Hbond substituents is 4. The van der Waals surface area contributed by atoms with Crippen LogP contribution in [0.4, 0.5) is 0 Å². The van der Waals surface area contributed by atoms with Crippen LogP contribution in [-0.2, 0) is 41.4 Å². The number of fused-ring (bicyclic) bond motifs is 1. The number of aliphatic carboxylic acids is 1. The average molecular weight is 744 g/mol. The van der Waals surface area contributed by atoms with Crippen molar-refractivity contribution in [2.45, 2.75) is 54.8 Å². The Balaban J connectivity index is 1.53. The Bertz CT molecular complexity index is 2060. The van der Waals surface area contributed by atoms with Gasteiger partial charge in [0, 0.05) is 30.4 Å². The first kappa shape index (κ1) is 38.1. The highest BCUT2D eigenvalue weighted by Gasteiger charge is 2.83. The van der Waals surface area contributed by atoms with Crippen molar-refractivity contribution < 1.29 is 64.3 Å². The van der Waals surface area contributed by atoms with Crippen molar-refractivity contribution in [2.24, 2.45) is 11.8 Å². The number of nitrogens with one attached hydrogen (secondary N) is 1. The maximum Gasteiger partial charge on any atom is 0.336 e. The van der Waals surface area contributed by atoms with Gasteiger partial charge in [-0.1, -0.05) is 55.5 Å². The van der Waals surface area contributed by atoms with Crippen molar-refractivity contribution in [1.82, 2.24) is 5.32 Å². The van der Waals surface area contributed by atoms with E-state index < -0.39 is 82.0 Å². The minimum atomic E-state index is -2.70. The number of carbonyl (C=O) groups is 3. The van der Waals surface area contributed by atoms with Crippen LogP contribution in [0.15, 0.2) is 85.0 Å². The molecular weight excluding hydrogens is 702 g/mol. The van der Waals surface area contributed by atoms with Gasteiger partial charge in [-0.3, -0.25) is 5.32 Å². The van der Waals surface area contributed by atoms with Gasteiger partial charge < -0.3 is 50.0 Å². The summed E-state index contributed by atoms with van der Waals surface area (Å²) < 4.78 is 18.7. The van der Waals surface area contributed by atoms with Gasteiger partial charge in [-0.2, -0.15) is 0 Å². The molecule has 14 heteroatoms. The lowest BCUT2D eigenvalue weighted by molar-refractivity contribution is -0.377. The maximum absolute atomic E-state index is 14.0. The SMILES string of the molecule is CCc1cccc(C[C@H]2[C@@H](OC(=O)C=Cc3ccc(O)c(O)c3)[C@]3(OC(=O)C=Cc4ccc(O)c(O)c4)[C@@]4(C=C[C@@H](CO4)[C@@]3(O)NC)C[C@]2(O)C(=O)O)c1. The Morgan fingerprint density at radius 3 is 2.02 bits per heavy atom. The van der Waals surface area contributed by atoms with Crippen LogP contribution < -0.4 is 5.32 Å². The predicted molar refractivity (Wildman–Crippen MR) is 192 cm³/mol. The van der Waals surface area contributed by atoms with Crippen molar-refractivity contribution in [3.8, 4) is 23.0 Å². The topological polar surface area (TPSA) is 233 Å². The van der Waals surface area contributed by atoms with E-state index in [1.807, 2.05) is 19.1 Å². The minimum absolute atomic E-state index is 0.195. The Morgan fingerprint density at radius 2 is 1.48 bits per heavy atom. The summed E-state index contributed by atoms with van der Waals surface area (Å²) in [6.07, 6.45) is 5.18. The highest BCUT2D eigenvalue weighted by Crippen LogP contribution is 2.62. The van der Waals surface area contributed by atoms with Crippen molar-refractivity contribution in [3.05, 3.63) is 107 Å². The van der Waals surface area contributed by atoms with E-state index >= 15 is 0 Å². The van der Waals surface area contributed by atoms with Crippen molar-refractivity contribution in [3.63, 3.8) is 0 Å². The molecule has 2 aliphatic carbocycles. The molecule has 0 amide bonds. The molecule has 2 bridgehead atoms. The second kappa shape index (κ2) is 14.3. The molecule has 1 spiro atoms. The van der Waals surface area contributed by atoms with Gasteiger partial charge in [-0.05, 0) is 78.6 Å². The Hall–Kier alpha value is -5.67. The number of hydrogen-bond acceptors (Lipinski definition) is 13. The van der Waals surface area contributed by atoms with Gasteiger partial charge in [0.25, 0.3) is 0 Å². The monoisotopic (exact) mass is 743 g/mol. The first-order chi connectivity index (χ1) is 25.6. The lowest BCUT2D eigenvalue weighted by atomic mass is 9.49. The maximum atomic E-state index is 14.0. The molecule has 2 aliphatic heterocycles. The lowest BCUT2D eigenvalue weighted by Gasteiger charge is -2.68. The van der Waals surface area contributed by atoms with Crippen LogP contribution in [0.25, 0.3) is 12.2 Å². The first-order valence-corrected chi connectivity index (χ1v) is 17.2. The standard InChI is InChI=1S/C40H41NO13/c1-3-23-5-4-6-26(17-23)18-28-35(53-33(46)13-9-24-7-11-29(42)31(44)19-24)39(54-34(47)14-10-25-8-12-30(43)32(45)20-25)37(22-38(28,50)36(48)49)16-15-27(21-52-37)40(39,51)41-2/h4-17,19-20,27-28,35,41-45,50-51H,3,18,21-22H2,1-2H3,(H,48,49)/t27-,28-,35+,37+,38+,39-,40-/m0/s1. The number of aryl methyl sites for hydroxylation is 1. The van der Waals surface area contributed by atoms with Crippen LogP contribution in [0.2, 0.25) is 0 Å². The van der Waals surface area contributed by atoms with Crippen LogP contribution in [0.1, 0.15) is 35.6 Å². The van der Waals surface area contributed by atoms with Gasteiger partial charge in [0.15, 0.2) is 40.4 Å². The molecule has 1 saturated carbocycles. The van der Waals surface area contributed by atoms with Crippen LogP contribution in [0.3, 0.4) is 0 Å². The average Bonchev–Trinajstić information content (AvgIpc) is 3.15. The third-order valence-corrected chi connectivity index (χ3v) is 10.7. The molecule has 8 N–H and O–H groups in total. The zero-order chi connectivity index (χ0) is 39.1. The normalized spacial score (nSPS) is 30.0. The Kier molecular flexibility index (Phi) is 10.1. The lowest BCUT2D eigenvalue weighted by Crippen LogP contribution is -2.90. The summed E-state index contributed by atoms with van der Waals surface area (Å²) in [5, 5.41) is 78.0. The van der Waals surface area contributed by atoms with E-state index in [9.17, 15) is 50.1 Å². The summed E-state index contributed by atoms with van der Waals surface area (Å²) >= 11 is 0. The zero-order valence-electron chi connectivity index (χ0n) is 29.4. The van der Waals surface area contributed by atoms with E-state index in [0.29, 0.717) is 12.0 Å². The number of rotatable bonds is 11. The molecule has 7 rings (SSSR count). The predicted octanol–water partition coefficient (Wildman–Crippen LogP) is 2.93. The number of benzene rings is 3. The molecule has 7 atom stereocenters. The quantitative estimate of drug-likeness (QED) is 0.0464. The second-order valence-corrected chi connectivity index (χ2v) is 13.7. The van der Waals surface area contributed by atoms with E-state index in [2.05, 4.69) is 5.32 Å². The van der Waals surface area contributed by atoms with E-state index in [0.717, 1.165) is 17.7 Å². The van der Waals surface area contributed by atoms with Crippen molar-refractivity contribution in [2.75, 3.05) is 13.7 Å². The summed E-state index contributed by atoms with van der Waals surface area (Å²) in [6.45, 7) is 1.73.